The Labute approximate surface area is 151 Å². The molecule has 26 heavy (non-hydrogen) atoms. The number of hydrogen-bond acceptors (Lipinski definition) is 5. The van der Waals surface area contributed by atoms with Crippen molar-refractivity contribution in [1.82, 2.24) is 24.8 Å². The molecule has 2 aromatic heterocycles. The van der Waals surface area contributed by atoms with E-state index < -0.39 is 0 Å². The number of benzene rings is 1. The molecule has 7 nitrogen and oxygen atoms in total. The summed E-state index contributed by atoms with van der Waals surface area (Å²) in [7, 11) is 0. The van der Waals surface area contributed by atoms with Crippen LogP contribution in [0.5, 0.6) is 0 Å². The Morgan fingerprint density at radius 3 is 2.77 bits per heavy atom. The molecule has 0 aliphatic rings. The minimum absolute atomic E-state index is 0.131. The van der Waals surface area contributed by atoms with Crippen LogP contribution in [0.3, 0.4) is 0 Å². The first-order valence-electron chi connectivity index (χ1n) is 8.29. The second-order valence-corrected chi connectivity index (χ2v) is 5.57. The Morgan fingerprint density at radius 1 is 1.15 bits per heavy atom. The van der Waals surface area contributed by atoms with E-state index in [1.165, 1.54) is 12.4 Å². The number of nitrogens with zero attached hydrogens (tertiary/aromatic N) is 4. The third-order valence-corrected chi connectivity index (χ3v) is 3.68. The van der Waals surface area contributed by atoms with Crippen molar-refractivity contribution in [2.24, 2.45) is 0 Å². The molecule has 2 N–H and O–H groups in total. The highest BCUT2D eigenvalue weighted by Gasteiger charge is 2.03. The first-order valence-corrected chi connectivity index (χ1v) is 8.29. The summed E-state index contributed by atoms with van der Waals surface area (Å²) in [6.07, 6.45) is 8.38. The molecule has 1 aromatic carbocycles. The SMILES string of the molecule is Cc1nccn1-c1cc(NCCNC(=O)/C=C/c2ccccc2)ncn1. The number of carbonyl (C=O) groups excluding carboxylic acids is 1. The lowest BCUT2D eigenvalue weighted by atomic mass is 10.2. The third-order valence-electron chi connectivity index (χ3n) is 3.68. The van der Waals surface area contributed by atoms with E-state index in [1.807, 2.05) is 54.1 Å². The van der Waals surface area contributed by atoms with Crippen LogP contribution < -0.4 is 10.6 Å². The van der Waals surface area contributed by atoms with E-state index in [-0.39, 0.29) is 5.91 Å². The molecule has 7 heteroatoms. The zero-order valence-electron chi connectivity index (χ0n) is 14.5. The van der Waals surface area contributed by atoms with Gasteiger partial charge in [0, 0.05) is 37.6 Å². The number of imidazole rings is 1. The molecule has 1 amide bonds. The van der Waals surface area contributed by atoms with Crippen LogP contribution in [0.4, 0.5) is 5.82 Å². The maximum absolute atomic E-state index is 11.8. The standard InChI is InChI=1S/C19H20N6O/c1-15-20-11-12-25(15)18-13-17(23-14-24-18)21-9-10-22-19(26)8-7-16-5-3-2-4-6-16/h2-8,11-14H,9-10H2,1H3,(H,22,26)(H,21,23,24)/b8-7+. The van der Waals surface area contributed by atoms with E-state index >= 15 is 0 Å². The zero-order valence-corrected chi connectivity index (χ0v) is 14.5. The van der Waals surface area contributed by atoms with Gasteiger partial charge in [0.15, 0.2) is 0 Å². The number of aromatic nitrogens is 4. The Morgan fingerprint density at radius 2 is 2.00 bits per heavy atom. The summed E-state index contributed by atoms with van der Waals surface area (Å²) < 4.78 is 1.88. The van der Waals surface area contributed by atoms with Crippen LogP contribution in [0.25, 0.3) is 11.9 Å². The smallest absolute Gasteiger partial charge is 0.244 e. The van der Waals surface area contributed by atoms with Crippen LogP contribution in [0.1, 0.15) is 11.4 Å². The fourth-order valence-electron chi connectivity index (χ4n) is 2.37. The lowest BCUT2D eigenvalue weighted by Gasteiger charge is -2.08. The minimum Gasteiger partial charge on any atom is -0.368 e. The van der Waals surface area contributed by atoms with Gasteiger partial charge in [-0.2, -0.15) is 0 Å². The van der Waals surface area contributed by atoms with E-state index in [4.69, 9.17) is 0 Å². The number of aryl methyl sites for hydroxylation is 1. The minimum atomic E-state index is -0.131. The van der Waals surface area contributed by atoms with E-state index in [0.29, 0.717) is 18.9 Å². The molecule has 0 bridgehead atoms. The highest BCUT2D eigenvalue weighted by molar-refractivity contribution is 5.91. The molecule has 0 saturated carbocycles. The van der Waals surface area contributed by atoms with Crippen LogP contribution in [-0.2, 0) is 4.79 Å². The van der Waals surface area contributed by atoms with Gasteiger partial charge in [-0.15, -0.1) is 0 Å². The van der Waals surface area contributed by atoms with Gasteiger partial charge < -0.3 is 10.6 Å². The van der Waals surface area contributed by atoms with Crippen molar-refractivity contribution in [3.63, 3.8) is 0 Å². The van der Waals surface area contributed by atoms with E-state index in [0.717, 1.165) is 17.2 Å². The number of nitrogens with one attached hydrogen (secondary N) is 2. The van der Waals surface area contributed by atoms with E-state index in [1.54, 1.807) is 12.3 Å². The fourth-order valence-corrected chi connectivity index (χ4v) is 2.37. The van der Waals surface area contributed by atoms with E-state index in [9.17, 15) is 4.79 Å². The van der Waals surface area contributed by atoms with Gasteiger partial charge in [0.25, 0.3) is 0 Å². The van der Waals surface area contributed by atoms with Crippen LogP contribution in [0.2, 0.25) is 0 Å². The topological polar surface area (TPSA) is 84.7 Å². The van der Waals surface area contributed by atoms with Gasteiger partial charge in [-0.3, -0.25) is 9.36 Å². The highest BCUT2D eigenvalue weighted by Crippen LogP contribution is 2.10. The van der Waals surface area contributed by atoms with Gasteiger partial charge >= 0.3 is 0 Å². The molecule has 2 heterocycles. The molecule has 0 atom stereocenters. The predicted molar refractivity (Wildman–Crippen MR) is 101 cm³/mol. The summed E-state index contributed by atoms with van der Waals surface area (Å²) in [5, 5.41) is 6.00. The van der Waals surface area contributed by atoms with Crippen molar-refractivity contribution in [3.05, 3.63) is 72.6 Å². The lowest BCUT2D eigenvalue weighted by Crippen LogP contribution is -2.27. The summed E-state index contributed by atoms with van der Waals surface area (Å²) in [4.78, 5) is 24.4. The van der Waals surface area contributed by atoms with Gasteiger partial charge in [0.1, 0.15) is 23.8 Å². The van der Waals surface area contributed by atoms with Gasteiger partial charge in [0.05, 0.1) is 0 Å². The predicted octanol–water partition coefficient (Wildman–Crippen LogP) is 2.21. The molecule has 132 valence electrons. The van der Waals surface area contributed by atoms with Crippen LogP contribution in [-0.4, -0.2) is 38.5 Å². The second-order valence-electron chi connectivity index (χ2n) is 5.57. The summed E-state index contributed by atoms with van der Waals surface area (Å²) in [6.45, 7) is 2.96. The van der Waals surface area contributed by atoms with Crippen molar-refractivity contribution in [1.29, 1.82) is 0 Å². The molecule has 0 aliphatic heterocycles. The van der Waals surface area contributed by atoms with Gasteiger partial charge in [-0.05, 0) is 18.6 Å². The van der Waals surface area contributed by atoms with Crippen LogP contribution >= 0.6 is 0 Å². The fraction of sp³-hybridized carbons (Fsp3) is 0.158. The highest BCUT2D eigenvalue weighted by atomic mass is 16.1. The lowest BCUT2D eigenvalue weighted by molar-refractivity contribution is -0.116. The van der Waals surface area contributed by atoms with Crippen molar-refractivity contribution in [3.8, 4) is 5.82 Å². The molecular formula is C19H20N6O. The van der Waals surface area contributed by atoms with Crippen LogP contribution in [0.15, 0.2) is 61.2 Å². The maximum atomic E-state index is 11.8. The molecule has 3 aromatic rings. The quantitative estimate of drug-likeness (QED) is 0.505. The largest absolute Gasteiger partial charge is 0.368 e. The number of carbonyl (C=O) groups is 1. The second kappa shape index (κ2) is 8.57. The number of hydrogen-bond donors (Lipinski definition) is 2. The Balaban J connectivity index is 1.46. The molecule has 0 spiro atoms. The Hall–Kier alpha value is -3.48. The van der Waals surface area contributed by atoms with Gasteiger partial charge in [-0.25, -0.2) is 15.0 Å². The van der Waals surface area contributed by atoms with Crippen molar-refractivity contribution in [2.75, 3.05) is 18.4 Å². The molecule has 0 saturated heterocycles. The maximum Gasteiger partial charge on any atom is 0.244 e. The first kappa shape index (κ1) is 17.3. The molecular weight excluding hydrogens is 328 g/mol. The summed E-state index contributed by atoms with van der Waals surface area (Å²) in [6, 6.07) is 11.5. The van der Waals surface area contributed by atoms with Crippen LogP contribution in [0, 0.1) is 6.92 Å². The third kappa shape index (κ3) is 4.76. The molecule has 0 radical (unpaired) electrons. The molecule has 3 rings (SSSR count). The van der Waals surface area contributed by atoms with E-state index in [2.05, 4.69) is 25.6 Å². The Bertz CT molecular complexity index is 888. The molecule has 0 aliphatic carbocycles. The molecule has 0 unspecified atom stereocenters. The number of rotatable bonds is 7. The molecule has 0 fully saturated rings. The van der Waals surface area contributed by atoms with Crippen molar-refractivity contribution >= 4 is 17.8 Å². The number of anilines is 1. The van der Waals surface area contributed by atoms with Crippen molar-refractivity contribution in [2.45, 2.75) is 6.92 Å². The zero-order chi connectivity index (χ0) is 18.2. The Kier molecular flexibility index (Phi) is 5.72. The van der Waals surface area contributed by atoms with Gasteiger partial charge in [-0.1, -0.05) is 30.3 Å². The number of amides is 1. The van der Waals surface area contributed by atoms with Crippen molar-refractivity contribution < 1.29 is 4.79 Å². The summed E-state index contributed by atoms with van der Waals surface area (Å²) in [5.74, 6) is 2.16. The normalized spacial score (nSPS) is 10.8. The monoisotopic (exact) mass is 348 g/mol. The average molecular weight is 348 g/mol. The average Bonchev–Trinajstić information content (AvgIpc) is 3.11. The summed E-state index contributed by atoms with van der Waals surface area (Å²) in [5.41, 5.74) is 0.990. The first-order chi connectivity index (χ1) is 12.7. The summed E-state index contributed by atoms with van der Waals surface area (Å²) >= 11 is 0. The van der Waals surface area contributed by atoms with Gasteiger partial charge in [0.2, 0.25) is 5.91 Å².